The molecule has 2 aromatic carbocycles. The third-order valence-corrected chi connectivity index (χ3v) is 6.53. The van der Waals surface area contributed by atoms with Crippen LogP contribution in [0.3, 0.4) is 0 Å². The molecule has 4 rings (SSSR count). The molecule has 0 fully saturated rings. The second-order valence-electron chi connectivity index (χ2n) is 8.81. The van der Waals surface area contributed by atoms with Gasteiger partial charge in [0.15, 0.2) is 5.82 Å². The Balaban J connectivity index is 1.39. The lowest BCUT2D eigenvalue weighted by atomic mass is 10.1. The van der Waals surface area contributed by atoms with Gasteiger partial charge in [-0.2, -0.15) is 0 Å². The van der Waals surface area contributed by atoms with Crippen molar-refractivity contribution in [1.29, 1.82) is 0 Å². The number of anilines is 1. The highest BCUT2D eigenvalue weighted by atomic mass is 19.1. The Hall–Kier alpha value is -3.33. The Kier molecular flexibility index (Phi) is 7.75. The summed E-state index contributed by atoms with van der Waals surface area (Å²) in [6.45, 7) is 11.3. The Labute approximate surface area is 204 Å². The van der Waals surface area contributed by atoms with E-state index in [1.54, 1.807) is 6.92 Å². The minimum Gasteiger partial charge on any atom is -0.372 e. The molecule has 1 atom stereocenters. The Morgan fingerprint density at radius 1 is 1.06 bits per heavy atom. The number of carbonyl (C=O) groups is 1. The number of hydrogen-bond donors (Lipinski definition) is 1. The molecule has 0 bridgehead atoms. The van der Waals surface area contributed by atoms with Gasteiger partial charge in [-0.05, 0) is 56.7 Å². The second kappa shape index (κ2) is 10.9. The van der Waals surface area contributed by atoms with Crippen LogP contribution in [0.1, 0.15) is 54.4 Å². The lowest BCUT2D eigenvalue weighted by Gasteiger charge is -2.23. The molecular weight excluding hydrogens is 450 g/mol. The van der Waals surface area contributed by atoms with Crippen LogP contribution in [0.2, 0.25) is 0 Å². The first-order valence-corrected chi connectivity index (χ1v) is 12.1. The maximum atomic E-state index is 14.0. The molecule has 1 amide bonds. The van der Waals surface area contributed by atoms with Crippen LogP contribution >= 0.6 is 0 Å². The number of fused-ring (bicyclic) bond motifs is 1. The summed E-state index contributed by atoms with van der Waals surface area (Å²) < 4.78 is 29.5. The summed E-state index contributed by atoms with van der Waals surface area (Å²) in [6, 6.07) is 11.1. The molecule has 1 unspecified atom stereocenters. The molecule has 0 aliphatic carbocycles. The van der Waals surface area contributed by atoms with Crippen molar-refractivity contribution in [2.45, 2.75) is 46.3 Å². The van der Waals surface area contributed by atoms with Gasteiger partial charge in [-0.15, -0.1) is 10.2 Å². The van der Waals surface area contributed by atoms with E-state index in [0.29, 0.717) is 12.4 Å². The van der Waals surface area contributed by atoms with Crippen molar-refractivity contribution in [3.8, 4) is 0 Å². The molecule has 35 heavy (non-hydrogen) atoms. The first-order chi connectivity index (χ1) is 16.9. The SMILES string of the molecule is CCN(CC)c1ccc(CN2CCc3nnc(C(C)NC(=O)c4cc(F)ccc4F)n3CC2)cc1. The Bertz CT molecular complexity index is 1160. The van der Waals surface area contributed by atoms with Gasteiger partial charge in [0, 0.05) is 51.4 Å². The maximum absolute atomic E-state index is 14.0. The van der Waals surface area contributed by atoms with Gasteiger partial charge in [-0.3, -0.25) is 9.69 Å². The average molecular weight is 483 g/mol. The standard InChI is InChI=1S/C26H32F2N6O/c1-4-33(5-2)21-9-6-19(7-10-21)17-32-13-12-24-30-31-25(34(24)15-14-32)18(3)29-26(35)22-16-20(27)8-11-23(22)28/h6-11,16,18H,4-5,12-15,17H2,1-3H3,(H,29,35). The van der Waals surface area contributed by atoms with E-state index < -0.39 is 23.6 Å². The van der Waals surface area contributed by atoms with E-state index in [4.69, 9.17) is 0 Å². The van der Waals surface area contributed by atoms with Crippen LogP contribution in [-0.2, 0) is 19.5 Å². The zero-order chi connectivity index (χ0) is 24.9. The van der Waals surface area contributed by atoms with Crippen LogP contribution in [0.4, 0.5) is 14.5 Å². The van der Waals surface area contributed by atoms with Crippen LogP contribution in [0.25, 0.3) is 0 Å². The zero-order valence-electron chi connectivity index (χ0n) is 20.5. The van der Waals surface area contributed by atoms with Gasteiger partial charge in [-0.25, -0.2) is 8.78 Å². The van der Waals surface area contributed by atoms with Crippen molar-refractivity contribution in [2.24, 2.45) is 0 Å². The number of halogens is 2. The van der Waals surface area contributed by atoms with Crippen molar-refractivity contribution >= 4 is 11.6 Å². The fourth-order valence-corrected chi connectivity index (χ4v) is 4.54. The monoisotopic (exact) mass is 482 g/mol. The quantitative estimate of drug-likeness (QED) is 0.527. The molecule has 1 aliphatic heterocycles. The first-order valence-electron chi connectivity index (χ1n) is 12.1. The number of benzene rings is 2. The van der Waals surface area contributed by atoms with Crippen molar-refractivity contribution in [2.75, 3.05) is 31.1 Å². The summed E-state index contributed by atoms with van der Waals surface area (Å²) in [4.78, 5) is 17.2. The van der Waals surface area contributed by atoms with E-state index in [9.17, 15) is 13.6 Å². The Morgan fingerprint density at radius 2 is 1.80 bits per heavy atom. The summed E-state index contributed by atoms with van der Waals surface area (Å²) >= 11 is 0. The third kappa shape index (κ3) is 5.67. The Morgan fingerprint density at radius 3 is 2.51 bits per heavy atom. The first kappa shape index (κ1) is 24.8. The third-order valence-electron chi connectivity index (χ3n) is 6.53. The fraction of sp³-hybridized carbons (Fsp3) is 0.423. The van der Waals surface area contributed by atoms with Crippen molar-refractivity contribution in [3.63, 3.8) is 0 Å². The predicted octanol–water partition coefficient (Wildman–Crippen LogP) is 3.95. The molecule has 1 N–H and O–H groups in total. The van der Waals surface area contributed by atoms with Gasteiger partial charge in [0.05, 0.1) is 11.6 Å². The lowest BCUT2D eigenvalue weighted by Crippen LogP contribution is -2.30. The number of rotatable bonds is 8. The van der Waals surface area contributed by atoms with Crippen molar-refractivity contribution in [1.82, 2.24) is 25.0 Å². The lowest BCUT2D eigenvalue weighted by molar-refractivity contribution is 0.0933. The molecule has 1 aliphatic rings. The molecule has 3 aromatic rings. The van der Waals surface area contributed by atoms with E-state index in [1.807, 2.05) is 4.57 Å². The van der Waals surface area contributed by atoms with E-state index in [2.05, 4.69) is 63.4 Å². The van der Waals surface area contributed by atoms with Crippen LogP contribution in [0, 0.1) is 11.6 Å². The van der Waals surface area contributed by atoms with Gasteiger partial charge < -0.3 is 14.8 Å². The highest BCUT2D eigenvalue weighted by Crippen LogP contribution is 2.20. The minimum atomic E-state index is -0.767. The van der Waals surface area contributed by atoms with Crippen LogP contribution in [-0.4, -0.2) is 51.8 Å². The molecule has 0 saturated heterocycles. The summed E-state index contributed by atoms with van der Waals surface area (Å²) in [5.74, 6) is -0.650. The molecule has 2 heterocycles. The van der Waals surface area contributed by atoms with Gasteiger partial charge >= 0.3 is 0 Å². The normalized spacial score (nSPS) is 14.8. The fourth-order valence-electron chi connectivity index (χ4n) is 4.54. The average Bonchev–Trinajstić information content (AvgIpc) is 3.16. The molecular formula is C26H32F2N6O. The molecule has 7 nitrogen and oxygen atoms in total. The molecule has 0 saturated carbocycles. The summed E-state index contributed by atoms with van der Waals surface area (Å²) in [7, 11) is 0. The van der Waals surface area contributed by atoms with Gasteiger partial charge in [0.25, 0.3) is 5.91 Å². The highest BCUT2D eigenvalue weighted by Gasteiger charge is 2.24. The summed E-state index contributed by atoms with van der Waals surface area (Å²) in [5.41, 5.74) is 2.17. The number of nitrogens with zero attached hydrogens (tertiary/aromatic N) is 5. The van der Waals surface area contributed by atoms with Crippen molar-refractivity contribution < 1.29 is 13.6 Å². The summed E-state index contributed by atoms with van der Waals surface area (Å²) in [6.07, 6.45) is 0.740. The number of carbonyl (C=O) groups excluding carboxylic acids is 1. The van der Waals surface area contributed by atoms with Gasteiger partial charge in [0.2, 0.25) is 0 Å². The highest BCUT2D eigenvalue weighted by molar-refractivity contribution is 5.94. The smallest absolute Gasteiger partial charge is 0.254 e. The van der Waals surface area contributed by atoms with Crippen LogP contribution in [0.5, 0.6) is 0 Å². The zero-order valence-corrected chi connectivity index (χ0v) is 20.5. The maximum Gasteiger partial charge on any atom is 0.254 e. The van der Waals surface area contributed by atoms with E-state index in [-0.39, 0.29) is 5.56 Å². The number of aromatic nitrogens is 3. The predicted molar refractivity (Wildman–Crippen MR) is 131 cm³/mol. The second-order valence-corrected chi connectivity index (χ2v) is 8.81. The summed E-state index contributed by atoms with van der Waals surface area (Å²) in [5, 5.41) is 11.3. The largest absolute Gasteiger partial charge is 0.372 e. The van der Waals surface area contributed by atoms with E-state index in [1.165, 1.54) is 11.3 Å². The van der Waals surface area contributed by atoms with E-state index in [0.717, 1.165) is 63.2 Å². The molecule has 9 heteroatoms. The number of amides is 1. The van der Waals surface area contributed by atoms with Crippen LogP contribution in [0.15, 0.2) is 42.5 Å². The molecule has 0 radical (unpaired) electrons. The molecule has 1 aromatic heterocycles. The van der Waals surface area contributed by atoms with Crippen molar-refractivity contribution in [3.05, 3.63) is 76.9 Å². The minimum absolute atomic E-state index is 0.328. The number of hydrogen-bond acceptors (Lipinski definition) is 5. The van der Waals surface area contributed by atoms with Crippen LogP contribution < -0.4 is 10.2 Å². The molecule has 0 spiro atoms. The van der Waals surface area contributed by atoms with Gasteiger partial charge in [-0.1, -0.05) is 12.1 Å². The topological polar surface area (TPSA) is 66.3 Å². The van der Waals surface area contributed by atoms with E-state index >= 15 is 0 Å². The number of nitrogens with one attached hydrogen (secondary N) is 1. The molecule has 186 valence electrons. The van der Waals surface area contributed by atoms with Gasteiger partial charge in [0.1, 0.15) is 17.5 Å².